The average Bonchev–Trinajstić information content (AvgIpc) is 2.98. The Labute approximate surface area is 153 Å². The lowest BCUT2D eigenvalue weighted by molar-refractivity contribution is 1.10. The van der Waals surface area contributed by atoms with Crippen molar-refractivity contribution < 1.29 is 0 Å². The maximum absolute atomic E-state index is 4.83. The summed E-state index contributed by atoms with van der Waals surface area (Å²) in [5.74, 6) is 0. The van der Waals surface area contributed by atoms with Gasteiger partial charge < -0.3 is 0 Å². The van der Waals surface area contributed by atoms with Gasteiger partial charge in [-0.05, 0) is 61.1 Å². The van der Waals surface area contributed by atoms with Crippen LogP contribution in [0.1, 0.15) is 28.1 Å². The van der Waals surface area contributed by atoms with E-state index < -0.39 is 0 Å². The van der Waals surface area contributed by atoms with Crippen molar-refractivity contribution in [2.75, 3.05) is 0 Å². The predicted molar refractivity (Wildman–Crippen MR) is 107 cm³/mol. The normalized spacial score (nSPS) is 12.3. The molecule has 5 rings (SSSR count). The SMILES string of the molecule is Cc1ccc2c(c1)Cc1cc(-c3cccc4nc(C)c(C)nc34)ccc1-2. The molecule has 1 heterocycles. The molecular weight excluding hydrogens is 316 g/mol. The molecule has 1 aromatic heterocycles. The lowest BCUT2D eigenvalue weighted by atomic mass is 9.98. The quantitative estimate of drug-likeness (QED) is 0.387. The summed E-state index contributed by atoms with van der Waals surface area (Å²) in [6.45, 7) is 6.21. The fourth-order valence-electron chi connectivity index (χ4n) is 3.99. The standard InChI is InChI=1S/C24H20N2/c1-14-7-9-20-18(11-14)13-19-12-17(8-10-21(19)20)22-5-4-6-23-24(22)26-16(3)15(2)25-23/h4-12H,13H2,1-3H3. The summed E-state index contributed by atoms with van der Waals surface area (Å²) < 4.78 is 0. The molecule has 1 aliphatic rings. The molecule has 0 atom stereocenters. The number of nitrogens with zero attached hydrogens (tertiary/aromatic N) is 2. The van der Waals surface area contributed by atoms with Crippen LogP contribution in [0.2, 0.25) is 0 Å². The van der Waals surface area contributed by atoms with Crippen LogP contribution < -0.4 is 0 Å². The van der Waals surface area contributed by atoms with Crippen LogP contribution in [0.3, 0.4) is 0 Å². The zero-order valence-corrected chi connectivity index (χ0v) is 15.3. The van der Waals surface area contributed by atoms with E-state index >= 15 is 0 Å². The Morgan fingerprint density at radius 1 is 0.692 bits per heavy atom. The molecule has 0 saturated carbocycles. The number of hydrogen-bond acceptors (Lipinski definition) is 2. The van der Waals surface area contributed by atoms with Crippen LogP contribution in [0.25, 0.3) is 33.3 Å². The predicted octanol–water partition coefficient (Wildman–Crippen LogP) is 5.79. The first-order valence-electron chi connectivity index (χ1n) is 9.07. The van der Waals surface area contributed by atoms with Crippen molar-refractivity contribution in [2.24, 2.45) is 0 Å². The smallest absolute Gasteiger partial charge is 0.0968 e. The van der Waals surface area contributed by atoms with Crippen molar-refractivity contribution in [3.63, 3.8) is 0 Å². The van der Waals surface area contributed by atoms with Gasteiger partial charge in [0, 0.05) is 5.56 Å². The third-order valence-electron chi connectivity index (χ3n) is 5.45. The highest BCUT2D eigenvalue weighted by molar-refractivity contribution is 5.93. The van der Waals surface area contributed by atoms with Gasteiger partial charge in [0.2, 0.25) is 0 Å². The highest BCUT2D eigenvalue weighted by atomic mass is 14.8. The molecule has 0 unspecified atom stereocenters. The largest absolute Gasteiger partial charge is 0.250 e. The minimum Gasteiger partial charge on any atom is -0.250 e. The minimum atomic E-state index is 0.963. The molecule has 0 radical (unpaired) electrons. The van der Waals surface area contributed by atoms with Crippen LogP contribution in [0.5, 0.6) is 0 Å². The number of aryl methyl sites for hydroxylation is 3. The van der Waals surface area contributed by atoms with E-state index in [1.165, 1.54) is 33.4 Å². The maximum atomic E-state index is 4.83. The highest BCUT2D eigenvalue weighted by Gasteiger charge is 2.19. The Balaban J connectivity index is 1.68. The second-order valence-corrected chi connectivity index (χ2v) is 7.28. The van der Waals surface area contributed by atoms with Crippen molar-refractivity contribution >= 4 is 11.0 Å². The van der Waals surface area contributed by atoms with Crippen LogP contribution in [-0.2, 0) is 6.42 Å². The molecule has 0 spiro atoms. The van der Waals surface area contributed by atoms with Gasteiger partial charge in [-0.1, -0.05) is 54.1 Å². The molecule has 3 aromatic carbocycles. The van der Waals surface area contributed by atoms with Crippen molar-refractivity contribution in [2.45, 2.75) is 27.2 Å². The van der Waals surface area contributed by atoms with E-state index in [0.717, 1.165) is 34.4 Å². The van der Waals surface area contributed by atoms with Crippen LogP contribution in [-0.4, -0.2) is 9.97 Å². The van der Waals surface area contributed by atoms with Crippen LogP contribution in [0.4, 0.5) is 0 Å². The monoisotopic (exact) mass is 336 g/mol. The van der Waals surface area contributed by atoms with E-state index in [0.29, 0.717) is 0 Å². The lowest BCUT2D eigenvalue weighted by Gasteiger charge is -2.10. The molecule has 4 aromatic rings. The lowest BCUT2D eigenvalue weighted by Crippen LogP contribution is -1.95. The van der Waals surface area contributed by atoms with Crippen molar-refractivity contribution in [3.8, 4) is 22.3 Å². The van der Waals surface area contributed by atoms with E-state index in [4.69, 9.17) is 9.97 Å². The summed E-state index contributed by atoms with van der Waals surface area (Å²) in [4.78, 5) is 9.55. The van der Waals surface area contributed by atoms with E-state index in [9.17, 15) is 0 Å². The summed E-state index contributed by atoms with van der Waals surface area (Å²) in [5.41, 5.74) is 13.2. The van der Waals surface area contributed by atoms with Crippen molar-refractivity contribution in [1.29, 1.82) is 0 Å². The third kappa shape index (κ3) is 2.26. The number of aromatic nitrogens is 2. The summed E-state index contributed by atoms with van der Waals surface area (Å²) in [7, 11) is 0. The fourth-order valence-corrected chi connectivity index (χ4v) is 3.99. The van der Waals surface area contributed by atoms with Gasteiger partial charge in [0.1, 0.15) is 0 Å². The van der Waals surface area contributed by atoms with E-state index in [2.05, 4.69) is 55.5 Å². The van der Waals surface area contributed by atoms with Gasteiger partial charge in [0.05, 0.1) is 22.4 Å². The Morgan fingerprint density at radius 3 is 2.27 bits per heavy atom. The summed E-state index contributed by atoms with van der Waals surface area (Å²) in [5, 5.41) is 0. The molecule has 1 aliphatic carbocycles. The molecular formula is C24H20N2. The van der Waals surface area contributed by atoms with Gasteiger partial charge in [-0.2, -0.15) is 0 Å². The van der Waals surface area contributed by atoms with Gasteiger partial charge in [-0.15, -0.1) is 0 Å². The highest BCUT2D eigenvalue weighted by Crippen LogP contribution is 2.39. The molecule has 2 heteroatoms. The van der Waals surface area contributed by atoms with Crippen LogP contribution in [0.15, 0.2) is 54.6 Å². The molecule has 0 saturated heterocycles. The zero-order chi connectivity index (χ0) is 17.8. The molecule has 2 nitrogen and oxygen atoms in total. The first-order chi connectivity index (χ1) is 12.6. The first-order valence-corrected chi connectivity index (χ1v) is 9.07. The van der Waals surface area contributed by atoms with Gasteiger partial charge in [0.25, 0.3) is 0 Å². The maximum Gasteiger partial charge on any atom is 0.0968 e. The number of para-hydroxylation sites is 1. The van der Waals surface area contributed by atoms with Gasteiger partial charge in [-0.25, -0.2) is 9.97 Å². The Kier molecular flexibility index (Phi) is 3.23. The minimum absolute atomic E-state index is 0.963. The van der Waals surface area contributed by atoms with Crippen molar-refractivity contribution in [1.82, 2.24) is 9.97 Å². The van der Waals surface area contributed by atoms with E-state index in [1.54, 1.807) is 0 Å². The third-order valence-corrected chi connectivity index (χ3v) is 5.45. The van der Waals surface area contributed by atoms with Crippen LogP contribution >= 0.6 is 0 Å². The first kappa shape index (κ1) is 15.3. The summed E-state index contributed by atoms with van der Waals surface area (Å²) in [6, 6.07) is 19.9. The Hall–Kier alpha value is -3.00. The van der Waals surface area contributed by atoms with Crippen molar-refractivity contribution in [3.05, 3.63) is 82.7 Å². The summed E-state index contributed by atoms with van der Waals surface area (Å²) >= 11 is 0. The molecule has 0 N–H and O–H groups in total. The zero-order valence-electron chi connectivity index (χ0n) is 15.3. The van der Waals surface area contributed by atoms with Crippen LogP contribution in [0, 0.1) is 20.8 Å². The molecule has 26 heavy (non-hydrogen) atoms. The molecule has 0 amide bonds. The second-order valence-electron chi connectivity index (χ2n) is 7.28. The Bertz CT molecular complexity index is 1190. The molecule has 0 aliphatic heterocycles. The molecule has 0 bridgehead atoms. The average molecular weight is 336 g/mol. The molecule has 126 valence electrons. The number of fused-ring (bicyclic) bond motifs is 4. The summed E-state index contributed by atoms with van der Waals surface area (Å²) in [6.07, 6.45) is 1.01. The number of hydrogen-bond donors (Lipinski definition) is 0. The van der Waals surface area contributed by atoms with Gasteiger partial charge in [-0.3, -0.25) is 0 Å². The Morgan fingerprint density at radius 2 is 1.42 bits per heavy atom. The fraction of sp³-hybridized carbons (Fsp3) is 0.167. The number of rotatable bonds is 1. The topological polar surface area (TPSA) is 25.8 Å². The second kappa shape index (κ2) is 5.50. The van der Waals surface area contributed by atoms with E-state index in [1.807, 2.05) is 19.9 Å². The molecule has 0 fully saturated rings. The van der Waals surface area contributed by atoms with Gasteiger partial charge in [0.15, 0.2) is 0 Å². The number of benzene rings is 3. The van der Waals surface area contributed by atoms with E-state index in [-0.39, 0.29) is 0 Å². The van der Waals surface area contributed by atoms with Gasteiger partial charge >= 0.3 is 0 Å².